The van der Waals surface area contributed by atoms with Crippen LogP contribution in [0.4, 0.5) is 13.2 Å². The molecule has 1 nitrogen and oxygen atoms in total. The average Bonchev–Trinajstić information content (AvgIpc) is 2.89. The molecule has 0 atom stereocenters. The minimum Gasteiger partial charge on any atom is -0.491 e. The Morgan fingerprint density at radius 2 is 1.67 bits per heavy atom. The molecule has 1 saturated carbocycles. The molecule has 1 aliphatic rings. The van der Waals surface area contributed by atoms with Crippen LogP contribution >= 0.6 is 0 Å². The quantitative estimate of drug-likeness (QED) is 0.214. The minimum atomic E-state index is -0.820. The number of benzene rings is 3. The van der Waals surface area contributed by atoms with Gasteiger partial charge in [-0.3, -0.25) is 0 Å². The monoisotopic (exact) mass is 490 g/mol. The van der Waals surface area contributed by atoms with Gasteiger partial charge in [-0.05, 0) is 80.5 Å². The summed E-state index contributed by atoms with van der Waals surface area (Å²) in [7, 11) is 0. The third-order valence-corrected chi connectivity index (χ3v) is 7.03. The van der Waals surface area contributed by atoms with E-state index < -0.39 is 11.6 Å². The number of hydrogen-bond donors (Lipinski definition) is 0. The zero-order chi connectivity index (χ0) is 25.5. The van der Waals surface area contributed by atoms with Gasteiger partial charge in [-0.1, -0.05) is 66.3 Å². The van der Waals surface area contributed by atoms with E-state index in [1.807, 2.05) is 37.3 Å². The summed E-state index contributed by atoms with van der Waals surface area (Å²) in [6.07, 6.45) is 10.9. The van der Waals surface area contributed by atoms with Crippen molar-refractivity contribution in [1.82, 2.24) is 0 Å². The molecule has 0 spiro atoms. The molecule has 0 heterocycles. The number of allylic oxidation sites excluding steroid dienone is 2. The first kappa shape index (κ1) is 25.8. The van der Waals surface area contributed by atoms with Gasteiger partial charge < -0.3 is 4.74 Å². The molecule has 36 heavy (non-hydrogen) atoms. The zero-order valence-corrected chi connectivity index (χ0v) is 20.8. The summed E-state index contributed by atoms with van der Waals surface area (Å²) >= 11 is 0. The fourth-order valence-corrected chi connectivity index (χ4v) is 4.83. The van der Waals surface area contributed by atoms with Gasteiger partial charge in [0.15, 0.2) is 23.2 Å². The second kappa shape index (κ2) is 12.1. The Labute approximate surface area is 212 Å². The fraction of sp³-hybridized carbons (Fsp3) is 0.312. The van der Waals surface area contributed by atoms with Crippen LogP contribution in [0.3, 0.4) is 0 Å². The number of hydrogen-bond acceptors (Lipinski definition) is 1. The Morgan fingerprint density at radius 3 is 2.36 bits per heavy atom. The van der Waals surface area contributed by atoms with E-state index in [4.69, 9.17) is 4.74 Å². The summed E-state index contributed by atoms with van der Waals surface area (Å²) < 4.78 is 49.6. The van der Waals surface area contributed by atoms with Crippen molar-refractivity contribution in [2.24, 2.45) is 5.92 Å². The maximum Gasteiger partial charge on any atom is 0.167 e. The summed E-state index contributed by atoms with van der Waals surface area (Å²) in [5.74, 6) is -1.08. The molecule has 0 radical (unpaired) electrons. The molecule has 1 fully saturated rings. The van der Waals surface area contributed by atoms with Gasteiger partial charge in [0, 0.05) is 11.1 Å². The lowest BCUT2D eigenvalue weighted by atomic mass is 9.78. The number of aryl methyl sites for hydroxylation is 1. The van der Waals surface area contributed by atoms with E-state index in [1.165, 1.54) is 0 Å². The van der Waals surface area contributed by atoms with E-state index in [0.29, 0.717) is 23.8 Å². The van der Waals surface area contributed by atoms with Gasteiger partial charge in [0.25, 0.3) is 0 Å². The van der Waals surface area contributed by atoms with Crippen LogP contribution in [0.1, 0.15) is 61.1 Å². The predicted octanol–water partition coefficient (Wildman–Crippen LogP) is 9.41. The molecule has 0 amide bonds. The van der Waals surface area contributed by atoms with Crippen LogP contribution in [0.15, 0.2) is 73.3 Å². The molecule has 188 valence electrons. The molecule has 4 heteroatoms. The highest BCUT2D eigenvalue weighted by Gasteiger charge is 2.22. The van der Waals surface area contributed by atoms with Crippen molar-refractivity contribution in [3.63, 3.8) is 0 Å². The van der Waals surface area contributed by atoms with Crippen LogP contribution in [0.5, 0.6) is 5.75 Å². The van der Waals surface area contributed by atoms with Crippen LogP contribution in [-0.2, 0) is 0 Å². The van der Waals surface area contributed by atoms with Gasteiger partial charge >= 0.3 is 0 Å². The second-order valence-corrected chi connectivity index (χ2v) is 9.64. The predicted molar refractivity (Wildman–Crippen MR) is 142 cm³/mol. The maximum absolute atomic E-state index is 14.8. The van der Waals surface area contributed by atoms with E-state index in [1.54, 1.807) is 42.5 Å². The van der Waals surface area contributed by atoms with Crippen molar-refractivity contribution in [3.05, 3.63) is 107 Å². The Hall–Kier alpha value is -3.27. The highest BCUT2D eigenvalue weighted by Crippen LogP contribution is 2.38. The van der Waals surface area contributed by atoms with Gasteiger partial charge in [-0.25, -0.2) is 13.2 Å². The Morgan fingerprint density at radius 1 is 0.917 bits per heavy atom. The molecule has 0 saturated heterocycles. The fourth-order valence-electron chi connectivity index (χ4n) is 4.83. The number of unbranched alkanes of at least 4 members (excludes halogenated alkanes) is 1. The zero-order valence-electron chi connectivity index (χ0n) is 20.8. The van der Waals surface area contributed by atoms with Gasteiger partial charge in [0.05, 0.1) is 6.61 Å². The topological polar surface area (TPSA) is 9.23 Å². The van der Waals surface area contributed by atoms with Gasteiger partial charge in [0.1, 0.15) is 0 Å². The highest BCUT2D eigenvalue weighted by atomic mass is 19.2. The Bertz CT molecular complexity index is 1200. The van der Waals surface area contributed by atoms with Crippen LogP contribution in [0.25, 0.3) is 17.2 Å². The molecular weight excluding hydrogens is 457 g/mol. The number of rotatable bonds is 9. The average molecular weight is 491 g/mol. The SMILES string of the molecule is C=CCCCOc1ccc(C2CCC(/C=C/c3ccc(-c4ccc(C)cc4)c(F)c3F)CC2)cc1F. The first-order valence-corrected chi connectivity index (χ1v) is 12.7. The standard InChI is InChI=1S/C32H33F3O/c1-3-4-5-20-36-30-19-17-27(21-29(30)33)24-13-8-23(9-14-24)10-15-26-16-18-28(32(35)31(26)34)25-11-6-22(2)7-12-25/h3,6-7,10-12,15-19,21,23-24H,1,4-5,8-9,13-14,20H2,2H3/b15-10+. The second-order valence-electron chi connectivity index (χ2n) is 9.64. The van der Waals surface area contributed by atoms with Crippen molar-refractivity contribution in [2.45, 2.75) is 51.4 Å². The summed E-state index contributed by atoms with van der Waals surface area (Å²) in [6, 6.07) is 15.9. The minimum absolute atomic E-state index is 0.260. The Balaban J connectivity index is 1.34. The van der Waals surface area contributed by atoms with Crippen molar-refractivity contribution < 1.29 is 17.9 Å². The summed E-state index contributed by atoms with van der Waals surface area (Å²) in [5.41, 5.74) is 3.25. The maximum atomic E-state index is 14.8. The summed E-state index contributed by atoms with van der Waals surface area (Å²) in [5, 5.41) is 0. The molecule has 0 aliphatic heterocycles. The van der Waals surface area contributed by atoms with Gasteiger partial charge in [-0.2, -0.15) is 0 Å². The molecule has 0 unspecified atom stereocenters. The van der Waals surface area contributed by atoms with E-state index in [0.717, 1.165) is 49.7 Å². The molecule has 3 aromatic rings. The summed E-state index contributed by atoms with van der Waals surface area (Å²) in [6.45, 7) is 6.10. The smallest absolute Gasteiger partial charge is 0.167 e. The van der Waals surface area contributed by atoms with Crippen LogP contribution in [0.2, 0.25) is 0 Å². The van der Waals surface area contributed by atoms with E-state index in [2.05, 4.69) is 6.58 Å². The van der Waals surface area contributed by atoms with Crippen molar-refractivity contribution >= 4 is 6.08 Å². The van der Waals surface area contributed by atoms with E-state index >= 15 is 0 Å². The lowest BCUT2D eigenvalue weighted by Gasteiger charge is -2.27. The van der Waals surface area contributed by atoms with E-state index in [-0.39, 0.29) is 22.9 Å². The normalized spacial score (nSPS) is 17.9. The Kier molecular flexibility index (Phi) is 8.69. The summed E-state index contributed by atoms with van der Waals surface area (Å²) in [4.78, 5) is 0. The first-order valence-electron chi connectivity index (χ1n) is 12.7. The third kappa shape index (κ3) is 6.29. The first-order chi connectivity index (χ1) is 17.5. The molecule has 1 aliphatic carbocycles. The molecule has 0 bridgehead atoms. The molecule has 3 aromatic carbocycles. The molecule has 0 N–H and O–H groups in total. The van der Waals surface area contributed by atoms with Gasteiger partial charge in [-0.15, -0.1) is 6.58 Å². The number of ether oxygens (including phenoxy) is 1. The van der Waals surface area contributed by atoms with Crippen LogP contribution in [-0.4, -0.2) is 6.61 Å². The number of halogens is 3. The molecule has 0 aromatic heterocycles. The van der Waals surface area contributed by atoms with Crippen LogP contribution in [0, 0.1) is 30.3 Å². The van der Waals surface area contributed by atoms with Gasteiger partial charge in [0.2, 0.25) is 0 Å². The third-order valence-electron chi connectivity index (χ3n) is 7.03. The van der Waals surface area contributed by atoms with Crippen molar-refractivity contribution in [1.29, 1.82) is 0 Å². The largest absolute Gasteiger partial charge is 0.491 e. The van der Waals surface area contributed by atoms with Crippen molar-refractivity contribution in [2.75, 3.05) is 6.61 Å². The lowest BCUT2D eigenvalue weighted by molar-refractivity contribution is 0.296. The highest BCUT2D eigenvalue weighted by molar-refractivity contribution is 5.67. The van der Waals surface area contributed by atoms with Crippen LogP contribution < -0.4 is 4.74 Å². The molecule has 4 rings (SSSR count). The van der Waals surface area contributed by atoms with E-state index in [9.17, 15) is 13.2 Å². The van der Waals surface area contributed by atoms with Crippen molar-refractivity contribution in [3.8, 4) is 16.9 Å². The molecular formula is C32H33F3O. The lowest BCUT2D eigenvalue weighted by Crippen LogP contribution is -2.12.